The molecule has 1 saturated heterocycles. The van der Waals surface area contributed by atoms with E-state index in [9.17, 15) is 22.8 Å². The molecule has 0 aromatic heterocycles. The van der Waals surface area contributed by atoms with Gasteiger partial charge in [-0.3, -0.25) is 19.1 Å². The molecule has 4 aromatic rings. The highest BCUT2D eigenvalue weighted by Crippen LogP contribution is 2.31. The van der Waals surface area contributed by atoms with Crippen LogP contribution in [0.3, 0.4) is 0 Å². The van der Waals surface area contributed by atoms with Gasteiger partial charge in [-0.1, -0.05) is 48.5 Å². The highest BCUT2D eigenvalue weighted by atomic mass is 32.2. The maximum absolute atomic E-state index is 13.1. The van der Waals surface area contributed by atoms with Crippen molar-refractivity contribution in [2.75, 3.05) is 37.4 Å². The van der Waals surface area contributed by atoms with E-state index in [1.165, 1.54) is 24.3 Å². The topological polar surface area (TPSA) is 125 Å². The van der Waals surface area contributed by atoms with E-state index >= 15 is 0 Å². The first-order valence-corrected chi connectivity index (χ1v) is 15.1. The van der Waals surface area contributed by atoms with E-state index in [0.717, 1.165) is 0 Å². The van der Waals surface area contributed by atoms with Gasteiger partial charge in [0.15, 0.2) is 5.75 Å². The molecule has 0 saturated carbocycles. The molecular weight excluding hydrogens is 568 g/mol. The summed E-state index contributed by atoms with van der Waals surface area (Å²) in [7, 11) is -3.99. The minimum absolute atomic E-state index is 0.0439. The number of amides is 3. The highest BCUT2D eigenvalue weighted by Gasteiger charge is 2.25. The smallest absolute Gasteiger partial charge is 0.262 e. The van der Waals surface area contributed by atoms with Crippen LogP contribution in [0.25, 0.3) is 0 Å². The fraction of sp³-hybridized carbons (Fsp3) is 0.156. The van der Waals surface area contributed by atoms with Crippen LogP contribution in [0.15, 0.2) is 114 Å². The molecule has 1 aliphatic heterocycles. The number of ether oxygens (including phenoxy) is 1. The number of carbonyl (C=O) groups is 3. The van der Waals surface area contributed by atoms with Crippen LogP contribution in [0.2, 0.25) is 0 Å². The van der Waals surface area contributed by atoms with Gasteiger partial charge < -0.3 is 19.9 Å². The lowest BCUT2D eigenvalue weighted by Gasteiger charge is -2.34. The van der Waals surface area contributed by atoms with E-state index in [-0.39, 0.29) is 34.5 Å². The normalized spacial score (nSPS) is 13.2. The summed E-state index contributed by atoms with van der Waals surface area (Å²) >= 11 is 0. The first-order chi connectivity index (χ1) is 20.8. The van der Waals surface area contributed by atoms with Crippen molar-refractivity contribution in [1.29, 1.82) is 0 Å². The second-order valence-electron chi connectivity index (χ2n) is 9.76. The number of sulfonamides is 1. The van der Waals surface area contributed by atoms with Gasteiger partial charge in [-0.15, -0.1) is 0 Å². The van der Waals surface area contributed by atoms with Gasteiger partial charge in [0.25, 0.3) is 21.8 Å². The van der Waals surface area contributed by atoms with Gasteiger partial charge in [0, 0.05) is 37.3 Å². The monoisotopic (exact) mass is 598 g/mol. The van der Waals surface area contributed by atoms with Crippen LogP contribution in [-0.2, 0) is 14.8 Å². The zero-order valence-corrected chi connectivity index (χ0v) is 24.0. The van der Waals surface area contributed by atoms with Gasteiger partial charge in [0.05, 0.1) is 17.1 Å². The van der Waals surface area contributed by atoms with E-state index < -0.39 is 15.9 Å². The van der Waals surface area contributed by atoms with Crippen molar-refractivity contribution in [1.82, 2.24) is 15.1 Å². The van der Waals surface area contributed by atoms with Crippen molar-refractivity contribution in [3.63, 3.8) is 0 Å². The number of para-hydroxylation sites is 3. The third-order valence-electron chi connectivity index (χ3n) is 6.87. The number of hydrogen-bond acceptors (Lipinski definition) is 6. The predicted octanol–water partition coefficient (Wildman–Crippen LogP) is 3.99. The van der Waals surface area contributed by atoms with Crippen molar-refractivity contribution in [2.45, 2.75) is 4.90 Å². The number of rotatable bonds is 9. The van der Waals surface area contributed by atoms with Crippen LogP contribution in [0.1, 0.15) is 20.7 Å². The van der Waals surface area contributed by atoms with Crippen LogP contribution in [0.4, 0.5) is 5.69 Å². The van der Waals surface area contributed by atoms with Gasteiger partial charge >= 0.3 is 0 Å². The zero-order chi connectivity index (χ0) is 30.2. The number of hydrogen-bond donors (Lipinski definition) is 2. The fourth-order valence-electron chi connectivity index (χ4n) is 4.54. The van der Waals surface area contributed by atoms with Gasteiger partial charge in [0.2, 0.25) is 5.91 Å². The summed E-state index contributed by atoms with van der Waals surface area (Å²) in [6.07, 6.45) is 0. The first kappa shape index (κ1) is 29.3. The number of anilines is 1. The van der Waals surface area contributed by atoms with E-state index in [4.69, 9.17) is 4.74 Å². The molecule has 1 fully saturated rings. The molecule has 0 radical (unpaired) electrons. The van der Waals surface area contributed by atoms with Crippen molar-refractivity contribution < 1.29 is 27.5 Å². The van der Waals surface area contributed by atoms with Gasteiger partial charge in [-0.25, -0.2) is 8.42 Å². The standard InChI is InChI=1S/C32H30N4O6S/c37-30(35-19-21-36(22-20-35)32(39)25-9-3-1-4-10-25)23-33-31(38)24-15-17-27(18-16-24)43(40,41)34-28-13-7-8-14-29(28)42-26-11-5-2-6-12-26/h1-18,34H,19-23H2,(H,33,38). The van der Waals surface area contributed by atoms with E-state index in [1.807, 2.05) is 36.4 Å². The quantitative estimate of drug-likeness (QED) is 0.300. The Kier molecular flexibility index (Phi) is 9.02. The second-order valence-corrected chi connectivity index (χ2v) is 11.4. The molecule has 2 N–H and O–H groups in total. The molecule has 3 amide bonds. The molecule has 0 atom stereocenters. The van der Waals surface area contributed by atoms with E-state index in [2.05, 4.69) is 10.0 Å². The summed E-state index contributed by atoms with van der Waals surface area (Å²) in [5, 5.41) is 2.59. The van der Waals surface area contributed by atoms with Crippen molar-refractivity contribution >= 4 is 33.4 Å². The predicted molar refractivity (Wildman–Crippen MR) is 161 cm³/mol. The molecular formula is C32H30N4O6S. The minimum Gasteiger partial charge on any atom is -0.455 e. The van der Waals surface area contributed by atoms with Crippen molar-refractivity contribution in [3.8, 4) is 11.5 Å². The summed E-state index contributed by atoms with van der Waals surface area (Å²) in [6, 6.07) is 30.1. The Morgan fingerprint density at radius 3 is 1.93 bits per heavy atom. The molecule has 43 heavy (non-hydrogen) atoms. The Balaban J connectivity index is 1.13. The molecule has 1 heterocycles. The SMILES string of the molecule is O=C(NCC(=O)N1CCN(C(=O)c2ccccc2)CC1)c1ccc(S(=O)(=O)Nc2ccccc2Oc2ccccc2)cc1. The van der Waals surface area contributed by atoms with Crippen LogP contribution in [0.5, 0.6) is 11.5 Å². The number of nitrogens with one attached hydrogen (secondary N) is 2. The Bertz CT molecular complexity index is 1690. The molecule has 0 spiro atoms. The average molecular weight is 599 g/mol. The molecule has 0 bridgehead atoms. The minimum atomic E-state index is -3.99. The fourth-order valence-corrected chi connectivity index (χ4v) is 5.61. The highest BCUT2D eigenvalue weighted by molar-refractivity contribution is 7.92. The molecule has 0 aliphatic carbocycles. The Morgan fingerprint density at radius 1 is 0.674 bits per heavy atom. The third-order valence-corrected chi connectivity index (χ3v) is 8.25. The Morgan fingerprint density at radius 2 is 1.26 bits per heavy atom. The summed E-state index contributed by atoms with van der Waals surface area (Å²) in [5.74, 6) is 0.0432. The number of carbonyl (C=O) groups excluding carboxylic acids is 3. The van der Waals surface area contributed by atoms with Crippen LogP contribution < -0.4 is 14.8 Å². The zero-order valence-electron chi connectivity index (χ0n) is 23.2. The van der Waals surface area contributed by atoms with E-state index in [0.29, 0.717) is 43.2 Å². The average Bonchev–Trinajstić information content (AvgIpc) is 3.05. The Hall–Kier alpha value is -5.16. The summed E-state index contributed by atoms with van der Waals surface area (Å²) in [6.45, 7) is 1.32. The number of nitrogens with zero attached hydrogens (tertiary/aromatic N) is 2. The number of benzene rings is 4. The van der Waals surface area contributed by atoms with Crippen molar-refractivity contribution in [2.24, 2.45) is 0 Å². The lowest BCUT2D eigenvalue weighted by atomic mass is 10.2. The third kappa shape index (κ3) is 7.38. The molecule has 1 aliphatic rings. The largest absolute Gasteiger partial charge is 0.455 e. The molecule has 11 heteroatoms. The van der Waals surface area contributed by atoms with E-state index in [1.54, 1.807) is 58.3 Å². The van der Waals surface area contributed by atoms with Gasteiger partial charge in [-0.05, 0) is 60.7 Å². The summed E-state index contributed by atoms with van der Waals surface area (Å²) in [5.41, 5.74) is 1.07. The second kappa shape index (κ2) is 13.2. The molecule has 10 nitrogen and oxygen atoms in total. The van der Waals surface area contributed by atoms with Gasteiger partial charge in [-0.2, -0.15) is 0 Å². The van der Waals surface area contributed by atoms with Crippen LogP contribution >= 0.6 is 0 Å². The first-order valence-electron chi connectivity index (χ1n) is 13.7. The molecule has 5 rings (SSSR count). The number of piperazine rings is 1. The molecule has 4 aromatic carbocycles. The lowest BCUT2D eigenvalue weighted by molar-refractivity contribution is -0.131. The summed E-state index contributed by atoms with van der Waals surface area (Å²) < 4.78 is 34.5. The molecule has 220 valence electrons. The lowest BCUT2D eigenvalue weighted by Crippen LogP contribution is -2.52. The summed E-state index contributed by atoms with van der Waals surface area (Å²) in [4.78, 5) is 41.3. The maximum Gasteiger partial charge on any atom is 0.262 e. The van der Waals surface area contributed by atoms with Crippen molar-refractivity contribution in [3.05, 3.63) is 120 Å². The van der Waals surface area contributed by atoms with Crippen LogP contribution in [0, 0.1) is 0 Å². The maximum atomic E-state index is 13.1. The molecule has 0 unspecified atom stereocenters. The van der Waals surface area contributed by atoms with Gasteiger partial charge in [0.1, 0.15) is 5.75 Å². The van der Waals surface area contributed by atoms with Crippen LogP contribution in [-0.4, -0.2) is 68.7 Å². The Labute approximate surface area is 249 Å².